The van der Waals surface area contributed by atoms with Gasteiger partial charge in [0.2, 0.25) is 0 Å². The van der Waals surface area contributed by atoms with Crippen LogP contribution >= 0.6 is 0 Å². The van der Waals surface area contributed by atoms with E-state index < -0.39 is 0 Å². The van der Waals surface area contributed by atoms with E-state index in [-0.39, 0.29) is 0 Å². The number of aliphatic imine (C=N–C) groups is 1. The van der Waals surface area contributed by atoms with Crippen LogP contribution in [-0.4, -0.2) is 99.3 Å². The predicted octanol–water partition coefficient (Wildman–Crippen LogP) is 1.60. The van der Waals surface area contributed by atoms with E-state index in [2.05, 4.69) is 70.5 Å². The Bertz CT molecular complexity index is 659. The maximum absolute atomic E-state index is 5.46. The number of ether oxygens (including phenoxy) is 1. The Morgan fingerprint density at radius 3 is 2.48 bits per heavy atom. The third-order valence-electron chi connectivity index (χ3n) is 6.24. The van der Waals surface area contributed by atoms with Gasteiger partial charge in [-0.15, -0.1) is 0 Å². The number of hydrogen-bond donors (Lipinski definition) is 2. The molecule has 1 atom stereocenters. The Kier molecular flexibility index (Phi) is 10.1. The Morgan fingerprint density at radius 2 is 1.74 bits per heavy atom. The van der Waals surface area contributed by atoms with E-state index in [4.69, 9.17) is 9.73 Å². The number of guanidine groups is 1. The van der Waals surface area contributed by atoms with Crippen LogP contribution in [0.1, 0.15) is 31.4 Å². The second kappa shape index (κ2) is 13.0. The van der Waals surface area contributed by atoms with Gasteiger partial charge in [-0.2, -0.15) is 0 Å². The molecule has 2 heterocycles. The molecule has 0 amide bonds. The number of nitrogens with one attached hydrogen (secondary N) is 2. The van der Waals surface area contributed by atoms with Gasteiger partial charge in [0.25, 0.3) is 0 Å². The minimum Gasteiger partial charge on any atom is -0.379 e. The summed E-state index contributed by atoms with van der Waals surface area (Å²) in [4.78, 5) is 12.3. The van der Waals surface area contributed by atoms with Crippen LogP contribution < -0.4 is 10.6 Å². The first-order valence-electron chi connectivity index (χ1n) is 12.0. The monoisotopic (exact) mass is 430 g/mol. The summed E-state index contributed by atoms with van der Waals surface area (Å²) in [6, 6.07) is 9.44. The molecule has 31 heavy (non-hydrogen) atoms. The third kappa shape index (κ3) is 8.41. The maximum Gasteiger partial charge on any atom is 0.191 e. The van der Waals surface area contributed by atoms with Crippen LogP contribution in [0.3, 0.4) is 0 Å². The van der Waals surface area contributed by atoms with Crippen molar-refractivity contribution in [1.29, 1.82) is 0 Å². The summed E-state index contributed by atoms with van der Waals surface area (Å²) in [6.07, 6.45) is 1.26. The molecule has 0 saturated carbocycles. The van der Waals surface area contributed by atoms with Crippen molar-refractivity contribution in [3.05, 3.63) is 35.4 Å². The first kappa shape index (κ1) is 24.0. The first-order chi connectivity index (χ1) is 15.1. The molecule has 0 spiro atoms. The van der Waals surface area contributed by atoms with Gasteiger partial charge in [-0.3, -0.25) is 9.80 Å². The van der Waals surface area contributed by atoms with Crippen LogP contribution in [-0.2, 0) is 17.8 Å². The minimum absolute atomic E-state index is 0.464. The van der Waals surface area contributed by atoms with Gasteiger partial charge in [0.1, 0.15) is 0 Å². The Balaban J connectivity index is 1.47. The summed E-state index contributed by atoms with van der Waals surface area (Å²) in [7, 11) is 2.22. The summed E-state index contributed by atoms with van der Waals surface area (Å²) >= 11 is 0. The molecule has 1 aromatic rings. The number of morpholine rings is 1. The Hall–Kier alpha value is -1.67. The van der Waals surface area contributed by atoms with Gasteiger partial charge >= 0.3 is 0 Å². The van der Waals surface area contributed by atoms with Crippen LogP contribution in [0.25, 0.3) is 0 Å². The van der Waals surface area contributed by atoms with Crippen LogP contribution in [0.5, 0.6) is 0 Å². The number of rotatable bonds is 8. The number of likely N-dealkylation sites (N-methyl/N-ethyl adjacent to an activating group) is 1. The van der Waals surface area contributed by atoms with Crippen molar-refractivity contribution in [3.63, 3.8) is 0 Å². The molecule has 2 fully saturated rings. The van der Waals surface area contributed by atoms with Gasteiger partial charge in [-0.05, 0) is 51.5 Å². The molecule has 2 aliphatic rings. The van der Waals surface area contributed by atoms with Gasteiger partial charge in [-0.25, -0.2) is 4.99 Å². The average Bonchev–Trinajstić information content (AvgIpc) is 3.01. The van der Waals surface area contributed by atoms with E-state index >= 15 is 0 Å². The summed E-state index contributed by atoms with van der Waals surface area (Å²) in [5.74, 6) is 0.889. The number of hydrogen-bond acceptors (Lipinski definition) is 5. The van der Waals surface area contributed by atoms with E-state index in [1.54, 1.807) is 0 Å². The van der Waals surface area contributed by atoms with Gasteiger partial charge in [0, 0.05) is 51.9 Å². The highest BCUT2D eigenvalue weighted by Gasteiger charge is 2.17. The highest BCUT2D eigenvalue weighted by atomic mass is 16.5. The second-order valence-electron chi connectivity index (χ2n) is 8.82. The summed E-state index contributed by atoms with van der Waals surface area (Å²) in [5.41, 5.74) is 2.64. The predicted molar refractivity (Wildman–Crippen MR) is 129 cm³/mol. The van der Waals surface area contributed by atoms with Gasteiger partial charge in [-0.1, -0.05) is 24.3 Å². The van der Waals surface area contributed by atoms with Crippen molar-refractivity contribution in [3.8, 4) is 0 Å². The lowest BCUT2D eigenvalue weighted by Gasteiger charge is -2.32. The molecule has 174 valence electrons. The topological polar surface area (TPSA) is 55.4 Å². The van der Waals surface area contributed by atoms with E-state index in [0.717, 1.165) is 65.0 Å². The van der Waals surface area contributed by atoms with E-state index in [1.165, 1.54) is 30.6 Å². The van der Waals surface area contributed by atoms with Crippen LogP contribution in [0.15, 0.2) is 29.3 Å². The van der Waals surface area contributed by atoms with Crippen molar-refractivity contribution in [2.75, 3.05) is 72.6 Å². The highest BCUT2D eigenvalue weighted by Crippen LogP contribution is 2.11. The SMILES string of the molecule is CCNC(=NCc1ccc(CN2CCCN(C)CC2)cc1)NCC(C)N1CCOCC1. The lowest BCUT2D eigenvalue weighted by Crippen LogP contribution is -2.49. The molecule has 7 heteroatoms. The molecule has 1 aromatic carbocycles. The quantitative estimate of drug-likeness (QED) is 0.483. The molecule has 1 unspecified atom stereocenters. The molecular formula is C24H42N6O. The second-order valence-corrected chi connectivity index (χ2v) is 8.82. The van der Waals surface area contributed by atoms with Gasteiger partial charge < -0.3 is 20.3 Å². The highest BCUT2D eigenvalue weighted by molar-refractivity contribution is 5.79. The van der Waals surface area contributed by atoms with Gasteiger partial charge in [0.15, 0.2) is 5.96 Å². The summed E-state index contributed by atoms with van der Waals surface area (Å²) in [6.45, 7) is 16.3. The van der Waals surface area contributed by atoms with Crippen molar-refractivity contribution in [2.24, 2.45) is 4.99 Å². The molecule has 0 aliphatic carbocycles. The zero-order chi connectivity index (χ0) is 21.9. The molecule has 2 aliphatic heterocycles. The molecule has 2 N–H and O–H groups in total. The van der Waals surface area contributed by atoms with Gasteiger partial charge in [0.05, 0.1) is 19.8 Å². The number of nitrogens with zero attached hydrogens (tertiary/aromatic N) is 4. The molecule has 0 aromatic heterocycles. The molecule has 7 nitrogen and oxygen atoms in total. The lowest BCUT2D eigenvalue weighted by molar-refractivity contribution is 0.0211. The smallest absolute Gasteiger partial charge is 0.191 e. The summed E-state index contributed by atoms with van der Waals surface area (Å²) in [5, 5.41) is 6.88. The fraction of sp³-hybridized carbons (Fsp3) is 0.708. The zero-order valence-corrected chi connectivity index (χ0v) is 19.8. The standard InChI is InChI=1S/C24H42N6O/c1-4-25-24(26-18-21(2)30-14-16-31-17-15-30)27-19-22-6-8-23(9-7-22)20-29-11-5-10-28(3)12-13-29/h6-9,21H,4-5,10-20H2,1-3H3,(H2,25,26,27). The minimum atomic E-state index is 0.464. The molecule has 3 rings (SSSR count). The van der Waals surface area contributed by atoms with Crippen molar-refractivity contribution in [2.45, 2.75) is 39.4 Å². The summed E-state index contributed by atoms with van der Waals surface area (Å²) < 4.78 is 5.46. The van der Waals surface area contributed by atoms with Crippen molar-refractivity contribution < 1.29 is 4.74 Å². The fourth-order valence-electron chi connectivity index (χ4n) is 4.17. The fourth-order valence-corrected chi connectivity index (χ4v) is 4.17. The van der Waals surface area contributed by atoms with E-state index in [9.17, 15) is 0 Å². The van der Waals surface area contributed by atoms with Crippen LogP contribution in [0.2, 0.25) is 0 Å². The van der Waals surface area contributed by atoms with E-state index in [0.29, 0.717) is 12.6 Å². The van der Waals surface area contributed by atoms with Crippen LogP contribution in [0.4, 0.5) is 0 Å². The maximum atomic E-state index is 5.46. The normalized spacial score (nSPS) is 20.9. The Morgan fingerprint density at radius 1 is 1.00 bits per heavy atom. The lowest BCUT2D eigenvalue weighted by atomic mass is 10.1. The molecule has 2 saturated heterocycles. The molecule has 0 radical (unpaired) electrons. The molecular weight excluding hydrogens is 388 g/mol. The van der Waals surface area contributed by atoms with Crippen molar-refractivity contribution in [1.82, 2.24) is 25.3 Å². The number of benzene rings is 1. The Labute approximate surface area is 188 Å². The van der Waals surface area contributed by atoms with E-state index in [1.807, 2.05) is 0 Å². The zero-order valence-electron chi connectivity index (χ0n) is 19.8. The average molecular weight is 431 g/mol. The van der Waals surface area contributed by atoms with Crippen LogP contribution in [0, 0.1) is 0 Å². The first-order valence-corrected chi connectivity index (χ1v) is 12.0. The molecule has 0 bridgehead atoms. The third-order valence-corrected chi connectivity index (χ3v) is 6.24. The van der Waals surface area contributed by atoms with Crippen molar-refractivity contribution >= 4 is 5.96 Å². The largest absolute Gasteiger partial charge is 0.379 e.